The Morgan fingerprint density at radius 3 is 2.82 bits per heavy atom. The highest BCUT2D eigenvalue weighted by atomic mass is 35.5. The highest BCUT2D eigenvalue weighted by Crippen LogP contribution is 2.05. The predicted molar refractivity (Wildman–Crippen MR) is 36.0 cm³/mol. The highest BCUT2D eigenvalue weighted by Gasteiger charge is 2.07. The molecule has 0 saturated carbocycles. The number of hydrogen-bond donors (Lipinski definition) is 2. The lowest BCUT2D eigenvalue weighted by Gasteiger charge is -1.95. The molecule has 60 valence electrons. The fraction of sp³-hybridized carbons (Fsp3) is 0.200. The summed E-state index contributed by atoms with van der Waals surface area (Å²) in [6.45, 7) is 0. The summed E-state index contributed by atoms with van der Waals surface area (Å²) < 4.78 is 12.3. The maximum absolute atomic E-state index is 12.3. The van der Waals surface area contributed by atoms with E-state index >= 15 is 0 Å². The summed E-state index contributed by atoms with van der Waals surface area (Å²) in [7, 11) is 0. The van der Waals surface area contributed by atoms with Crippen LogP contribution in [0.2, 0.25) is 0 Å². The average Bonchev–Trinajstić information content (AvgIpc) is 1.99. The molecule has 4 nitrogen and oxygen atoms in total. The van der Waals surface area contributed by atoms with Gasteiger partial charge in [0.15, 0.2) is 0 Å². The molecular weight excluding hydrogens is 175 g/mol. The van der Waals surface area contributed by atoms with E-state index in [0.29, 0.717) is 0 Å². The average molecular weight is 179 g/mol. The number of hydrogen-bond acceptors (Lipinski definition) is 3. The van der Waals surface area contributed by atoms with Gasteiger partial charge in [-0.25, -0.2) is 0 Å². The zero-order valence-corrected chi connectivity index (χ0v) is 6.02. The van der Waals surface area contributed by atoms with Gasteiger partial charge in [0, 0.05) is 0 Å². The van der Waals surface area contributed by atoms with Crippen molar-refractivity contribution >= 4 is 11.6 Å². The standard InChI is InChI=1S/C5H4ClFN2O2/c6-1-2-8-4(10)3(7)5(11)9-2/h1H2,(H2,8,9,10,11). The number of nitrogens with one attached hydrogen (secondary N) is 1. The Labute approximate surface area is 65.7 Å². The first kappa shape index (κ1) is 8.00. The molecule has 1 rings (SSSR count). The Kier molecular flexibility index (Phi) is 2.09. The predicted octanol–water partition coefficient (Wildman–Crippen LogP) is 0.353. The van der Waals surface area contributed by atoms with Gasteiger partial charge in [-0.3, -0.25) is 4.79 Å². The lowest BCUT2D eigenvalue weighted by Crippen LogP contribution is -2.14. The molecule has 0 radical (unpaired) electrons. The molecule has 0 aliphatic heterocycles. The fourth-order valence-electron chi connectivity index (χ4n) is 0.556. The normalized spacial score (nSPS) is 10.0. The minimum Gasteiger partial charge on any atom is -0.491 e. The lowest BCUT2D eigenvalue weighted by atomic mass is 10.5. The molecule has 0 atom stereocenters. The van der Waals surface area contributed by atoms with Gasteiger partial charge in [-0.1, -0.05) is 0 Å². The molecule has 1 aromatic heterocycles. The molecule has 2 N–H and O–H groups in total. The van der Waals surface area contributed by atoms with Crippen LogP contribution in [0, 0.1) is 5.82 Å². The van der Waals surface area contributed by atoms with Crippen LogP contribution >= 0.6 is 11.6 Å². The van der Waals surface area contributed by atoms with Crippen LogP contribution in [0.25, 0.3) is 0 Å². The minimum absolute atomic E-state index is 0.0376. The number of aromatic amines is 1. The second-order valence-corrected chi connectivity index (χ2v) is 2.05. The van der Waals surface area contributed by atoms with Crippen LogP contribution in [-0.2, 0) is 5.88 Å². The Morgan fingerprint density at radius 2 is 2.36 bits per heavy atom. The zero-order valence-electron chi connectivity index (χ0n) is 5.27. The number of halogens is 2. The van der Waals surface area contributed by atoms with Gasteiger partial charge in [0.25, 0.3) is 11.4 Å². The van der Waals surface area contributed by atoms with E-state index in [1.807, 2.05) is 4.98 Å². The molecule has 6 heteroatoms. The van der Waals surface area contributed by atoms with Crippen LogP contribution in [0.1, 0.15) is 5.82 Å². The van der Waals surface area contributed by atoms with Crippen LogP contribution < -0.4 is 5.56 Å². The first-order chi connectivity index (χ1) is 5.15. The van der Waals surface area contributed by atoms with Gasteiger partial charge in [-0.05, 0) is 0 Å². The van der Waals surface area contributed by atoms with Gasteiger partial charge in [-0.15, -0.1) is 11.6 Å². The lowest BCUT2D eigenvalue weighted by molar-refractivity contribution is 0.402. The van der Waals surface area contributed by atoms with Crippen molar-refractivity contribution in [3.8, 4) is 5.88 Å². The fourth-order valence-corrected chi connectivity index (χ4v) is 0.682. The summed E-state index contributed by atoms with van der Waals surface area (Å²) in [6.07, 6.45) is 0. The highest BCUT2D eigenvalue weighted by molar-refractivity contribution is 6.16. The summed E-state index contributed by atoms with van der Waals surface area (Å²) in [5.74, 6) is -2.26. The minimum atomic E-state index is -1.29. The molecular formula is C5H4ClFN2O2. The summed E-state index contributed by atoms with van der Waals surface area (Å²) in [5.41, 5.74) is -1.02. The smallest absolute Gasteiger partial charge is 0.291 e. The van der Waals surface area contributed by atoms with Crippen molar-refractivity contribution in [3.05, 3.63) is 22.0 Å². The van der Waals surface area contributed by atoms with Gasteiger partial charge in [0.05, 0.1) is 5.88 Å². The van der Waals surface area contributed by atoms with E-state index in [0.717, 1.165) is 0 Å². The van der Waals surface area contributed by atoms with E-state index in [2.05, 4.69) is 4.98 Å². The summed E-state index contributed by atoms with van der Waals surface area (Å²) in [6, 6.07) is 0. The molecule has 0 saturated heterocycles. The number of aromatic nitrogens is 2. The Hall–Kier alpha value is -1.10. The second-order valence-electron chi connectivity index (χ2n) is 1.78. The quantitative estimate of drug-likeness (QED) is 0.610. The van der Waals surface area contributed by atoms with Gasteiger partial charge in [0.1, 0.15) is 5.82 Å². The molecule has 1 aromatic rings. The van der Waals surface area contributed by atoms with Crippen molar-refractivity contribution in [1.29, 1.82) is 0 Å². The maximum atomic E-state index is 12.3. The van der Waals surface area contributed by atoms with E-state index in [4.69, 9.17) is 16.7 Å². The van der Waals surface area contributed by atoms with Crippen molar-refractivity contribution in [2.45, 2.75) is 5.88 Å². The van der Waals surface area contributed by atoms with Gasteiger partial charge >= 0.3 is 0 Å². The van der Waals surface area contributed by atoms with Crippen LogP contribution in [0.4, 0.5) is 4.39 Å². The van der Waals surface area contributed by atoms with Crippen LogP contribution in [0.5, 0.6) is 5.88 Å². The molecule has 0 amide bonds. The molecule has 0 aromatic carbocycles. The molecule has 0 bridgehead atoms. The molecule has 0 fully saturated rings. The Balaban J connectivity index is 3.32. The summed E-state index contributed by atoms with van der Waals surface area (Å²) >= 11 is 5.26. The third-order valence-electron chi connectivity index (χ3n) is 1.02. The Bertz CT molecular complexity index is 325. The van der Waals surface area contributed by atoms with E-state index in [-0.39, 0.29) is 11.7 Å². The zero-order chi connectivity index (χ0) is 8.43. The number of H-pyrrole nitrogens is 1. The van der Waals surface area contributed by atoms with Gasteiger partial charge < -0.3 is 10.1 Å². The molecule has 0 aliphatic carbocycles. The number of aromatic hydroxyl groups is 1. The third kappa shape index (κ3) is 1.48. The number of rotatable bonds is 1. The molecule has 1 heterocycles. The van der Waals surface area contributed by atoms with Gasteiger partial charge in [0.2, 0.25) is 5.82 Å². The van der Waals surface area contributed by atoms with Crippen LogP contribution in [0.15, 0.2) is 4.79 Å². The van der Waals surface area contributed by atoms with E-state index < -0.39 is 17.3 Å². The monoisotopic (exact) mass is 178 g/mol. The van der Waals surface area contributed by atoms with Gasteiger partial charge in [-0.2, -0.15) is 9.37 Å². The number of alkyl halides is 1. The first-order valence-corrected chi connectivity index (χ1v) is 3.22. The molecule has 11 heavy (non-hydrogen) atoms. The van der Waals surface area contributed by atoms with Crippen molar-refractivity contribution < 1.29 is 9.50 Å². The van der Waals surface area contributed by atoms with Crippen molar-refractivity contribution in [3.63, 3.8) is 0 Å². The van der Waals surface area contributed by atoms with Crippen LogP contribution in [-0.4, -0.2) is 15.1 Å². The SMILES string of the molecule is O=c1[nH]c(CCl)nc(O)c1F. The van der Waals surface area contributed by atoms with E-state index in [1.54, 1.807) is 0 Å². The van der Waals surface area contributed by atoms with Crippen molar-refractivity contribution in [2.75, 3.05) is 0 Å². The number of nitrogens with zero attached hydrogens (tertiary/aromatic N) is 1. The Morgan fingerprint density at radius 1 is 1.73 bits per heavy atom. The largest absolute Gasteiger partial charge is 0.491 e. The summed E-state index contributed by atoms with van der Waals surface area (Å²) in [4.78, 5) is 15.8. The van der Waals surface area contributed by atoms with Crippen molar-refractivity contribution in [2.24, 2.45) is 0 Å². The van der Waals surface area contributed by atoms with E-state index in [1.165, 1.54) is 0 Å². The van der Waals surface area contributed by atoms with E-state index in [9.17, 15) is 9.18 Å². The molecule has 0 spiro atoms. The first-order valence-electron chi connectivity index (χ1n) is 2.68. The topological polar surface area (TPSA) is 66.0 Å². The van der Waals surface area contributed by atoms with Crippen molar-refractivity contribution in [1.82, 2.24) is 9.97 Å². The van der Waals surface area contributed by atoms with Crippen LogP contribution in [0.3, 0.4) is 0 Å². The maximum Gasteiger partial charge on any atom is 0.291 e. The molecule has 0 unspecified atom stereocenters. The second kappa shape index (κ2) is 2.87. The summed E-state index contributed by atoms with van der Waals surface area (Å²) in [5, 5.41) is 8.65. The third-order valence-corrected chi connectivity index (χ3v) is 1.27. The molecule has 0 aliphatic rings.